The fourth-order valence-corrected chi connectivity index (χ4v) is 5.14. The van der Waals surface area contributed by atoms with Crippen molar-refractivity contribution in [3.63, 3.8) is 0 Å². The van der Waals surface area contributed by atoms with Gasteiger partial charge in [0.2, 0.25) is 0 Å². The number of fused-ring (bicyclic) bond motifs is 1. The number of rotatable bonds is 6. The third-order valence-corrected chi connectivity index (χ3v) is 7.00. The summed E-state index contributed by atoms with van der Waals surface area (Å²) in [6.45, 7) is 3.15. The van der Waals surface area contributed by atoms with E-state index >= 15 is 0 Å². The summed E-state index contributed by atoms with van der Waals surface area (Å²) in [6, 6.07) is 9.84. The number of carbonyl (C=O) groups excluding carboxylic acids is 2. The summed E-state index contributed by atoms with van der Waals surface area (Å²) in [5, 5.41) is 11.3. The number of nitrogens with one attached hydrogen (secondary N) is 3. The first-order valence-electron chi connectivity index (χ1n) is 11.7. The Balaban J connectivity index is 1.22. The Morgan fingerprint density at radius 3 is 3.03 bits per heavy atom. The fourth-order valence-electron chi connectivity index (χ4n) is 4.58. The van der Waals surface area contributed by atoms with Crippen LogP contribution in [0.4, 0.5) is 9.80 Å². The van der Waals surface area contributed by atoms with Crippen LogP contribution in [0.25, 0.3) is 10.9 Å². The van der Waals surface area contributed by atoms with Crippen molar-refractivity contribution in [2.45, 2.75) is 38.6 Å². The number of nitrogens with zero attached hydrogens (tertiary/aromatic N) is 4. The number of piperidine rings is 1. The van der Waals surface area contributed by atoms with Crippen molar-refractivity contribution in [3.8, 4) is 0 Å². The molecule has 10 heteroatoms. The van der Waals surface area contributed by atoms with Crippen LogP contribution in [-0.2, 0) is 6.42 Å². The van der Waals surface area contributed by atoms with Crippen molar-refractivity contribution in [2.24, 2.45) is 0 Å². The summed E-state index contributed by atoms with van der Waals surface area (Å²) in [4.78, 5) is 35.3. The van der Waals surface area contributed by atoms with Crippen LogP contribution in [-0.4, -0.2) is 49.5 Å². The van der Waals surface area contributed by atoms with Crippen molar-refractivity contribution >= 4 is 39.4 Å². The Bertz CT molecular complexity index is 1330. The van der Waals surface area contributed by atoms with Gasteiger partial charge in [0.05, 0.1) is 6.04 Å². The summed E-state index contributed by atoms with van der Waals surface area (Å²) in [6.07, 6.45) is 9.04. The molecule has 1 aliphatic rings. The number of pyridine rings is 1. The van der Waals surface area contributed by atoms with Crippen molar-refractivity contribution < 1.29 is 9.59 Å². The molecule has 3 aromatic heterocycles. The molecule has 1 saturated heterocycles. The van der Waals surface area contributed by atoms with E-state index in [9.17, 15) is 9.59 Å². The molecule has 0 aliphatic carbocycles. The molecule has 0 bridgehead atoms. The molecule has 1 unspecified atom stereocenters. The quantitative estimate of drug-likeness (QED) is 0.370. The molecule has 35 heavy (non-hydrogen) atoms. The monoisotopic (exact) mass is 489 g/mol. The number of urea groups is 1. The Hall–Kier alpha value is -3.79. The van der Waals surface area contributed by atoms with Gasteiger partial charge in [-0.25, -0.2) is 4.79 Å². The second kappa shape index (κ2) is 10.2. The lowest BCUT2D eigenvalue weighted by Gasteiger charge is -2.35. The van der Waals surface area contributed by atoms with E-state index in [0.29, 0.717) is 24.5 Å². The minimum atomic E-state index is -0.354. The van der Waals surface area contributed by atoms with Gasteiger partial charge in [0, 0.05) is 54.1 Å². The molecule has 1 aliphatic heterocycles. The lowest BCUT2D eigenvalue weighted by molar-refractivity contribution is 0.0950. The number of H-pyrrole nitrogens is 1. The van der Waals surface area contributed by atoms with Crippen LogP contribution in [0.3, 0.4) is 0 Å². The van der Waals surface area contributed by atoms with E-state index in [0.717, 1.165) is 52.8 Å². The van der Waals surface area contributed by atoms with Gasteiger partial charge in [-0.3, -0.25) is 15.1 Å². The minimum absolute atomic E-state index is 0.0459. The van der Waals surface area contributed by atoms with Crippen LogP contribution in [0.15, 0.2) is 48.9 Å². The third kappa shape index (κ3) is 5.02. The highest BCUT2D eigenvalue weighted by molar-refractivity contribution is 7.10. The van der Waals surface area contributed by atoms with E-state index in [1.165, 1.54) is 5.56 Å². The molecular weight excluding hydrogens is 462 g/mol. The van der Waals surface area contributed by atoms with Gasteiger partial charge in [0.1, 0.15) is 0 Å². The Morgan fingerprint density at radius 2 is 2.17 bits per heavy atom. The van der Waals surface area contributed by atoms with E-state index in [4.69, 9.17) is 0 Å². The molecule has 0 spiro atoms. The molecule has 3 N–H and O–H groups in total. The van der Waals surface area contributed by atoms with E-state index in [-0.39, 0.29) is 23.7 Å². The largest absolute Gasteiger partial charge is 0.361 e. The molecule has 1 atom stereocenters. The van der Waals surface area contributed by atoms with Crippen molar-refractivity contribution in [1.82, 2.24) is 29.8 Å². The molecule has 1 aromatic carbocycles. The predicted octanol–water partition coefficient (Wildman–Crippen LogP) is 4.45. The van der Waals surface area contributed by atoms with E-state index in [1.54, 1.807) is 17.3 Å². The number of likely N-dealkylation sites (tertiary alicyclic amines) is 1. The smallest absolute Gasteiger partial charge is 0.323 e. The molecule has 3 amide bonds. The molecular formula is C25H27N7O2S. The number of hydrogen-bond donors (Lipinski definition) is 3. The summed E-state index contributed by atoms with van der Waals surface area (Å²) >= 11 is 1.00. The zero-order valence-electron chi connectivity index (χ0n) is 19.5. The number of carbonyl (C=O) groups is 2. The topological polar surface area (TPSA) is 116 Å². The number of anilines is 1. The highest BCUT2D eigenvalue weighted by Gasteiger charge is 2.29. The van der Waals surface area contributed by atoms with Gasteiger partial charge in [-0.1, -0.05) is 22.2 Å². The summed E-state index contributed by atoms with van der Waals surface area (Å²) in [7, 11) is 0. The third-order valence-electron chi connectivity index (χ3n) is 6.36. The number of hydrogen-bond acceptors (Lipinski definition) is 6. The maximum absolute atomic E-state index is 13.2. The second-order valence-corrected chi connectivity index (χ2v) is 9.50. The van der Waals surface area contributed by atoms with Gasteiger partial charge in [0.15, 0.2) is 10.7 Å². The Morgan fingerprint density at radius 1 is 1.26 bits per heavy atom. The van der Waals surface area contributed by atoms with Crippen LogP contribution < -0.4 is 10.6 Å². The second-order valence-electron chi connectivity index (χ2n) is 8.74. The lowest BCUT2D eigenvalue weighted by Crippen LogP contribution is -2.41. The maximum atomic E-state index is 13.2. The SMILES string of the molecule is Cc1ccc2[nH]cc(CCNC(=O)c3nnsc3NC(=O)N3CCCCC3c3cccnc3)c2c1. The highest BCUT2D eigenvalue weighted by Crippen LogP contribution is 2.31. The zero-order chi connectivity index (χ0) is 24.2. The van der Waals surface area contributed by atoms with Crippen molar-refractivity contribution in [1.29, 1.82) is 0 Å². The van der Waals surface area contributed by atoms with Gasteiger partial charge in [-0.05, 0) is 61.9 Å². The van der Waals surface area contributed by atoms with Crippen LogP contribution in [0, 0.1) is 6.92 Å². The van der Waals surface area contributed by atoms with Crippen LogP contribution >= 0.6 is 11.5 Å². The molecule has 4 heterocycles. The number of aromatic amines is 1. The van der Waals surface area contributed by atoms with Gasteiger partial charge in [-0.2, -0.15) is 0 Å². The van der Waals surface area contributed by atoms with E-state index < -0.39 is 0 Å². The Kier molecular flexibility index (Phi) is 6.71. The first-order valence-corrected chi connectivity index (χ1v) is 12.5. The predicted molar refractivity (Wildman–Crippen MR) is 136 cm³/mol. The summed E-state index contributed by atoms with van der Waals surface area (Å²) in [5.74, 6) is -0.354. The van der Waals surface area contributed by atoms with Gasteiger partial charge >= 0.3 is 6.03 Å². The van der Waals surface area contributed by atoms with Crippen molar-refractivity contribution in [3.05, 3.63) is 71.3 Å². The number of amides is 3. The number of aryl methyl sites for hydroxylation is 1. The molecule has 0 saturated carbocycles. The van der Waals surface area contributed by atoms with E-state index in [1.807, 2.05) is 18.3 Å². The van der Waals surface area contributed by atoms with Gasteiger partial charge in [0.25, 0.3) is 5.91 Å². The average molecular weight is 490 g/mol. The normalized spacial score (nSPS) is 15.8. The number of benzene rings is 1. The molecule has 5 rings (SSSR count). The van der Waals surface area contributed by atoms with Gasteiger partial charge in [-0.15, -0.1) is 5.10 Å². The molecule has 4 aromatic rings. The number of aromatic nitrogens is 4. The van der Waals surface area contributed by atoms with Crippen molar-refractivity contribution in [2.75, 3.05) is 18.4 Å². The molecule has 0 radical (unpaired) electrons. The summed E-state index contributed by atoms with van der Waals surface area (Å²) < 4.78 is 3.91. The van der Waals surface area contributed by atoms with E-state index in [2.05, 4.69) is 55.3 Å². The standard InChI is InChI=1S/C25H27N7O2S/c1-16-7-8-20-19(13-16)17(15-28-20)9-11-27-23(33)22-24(35-31-30-22)29-25(34)32-12-3-2-6-21(32)18-5-4-10-26-14-18/h4-5,7-8,10,13-15,21,28H,2-3,6,9,11-12H2,1H3,(H,27,33)(H,29,34). The van der Waals surface area contributed by atoms with Gasteiger partial charge < -0.3 is 15.2 Å². The molecule has 9 nitrogen and oxygen atoms in total. The maximum Gasteiger partial charge on any atom is 0.323 e. The molecule has 180 valence electrons. The van der Waals surface area contributed by atoms with Crippen LogP contribution in [0.5, 0.6) is 0 Å². The minimum Gasteiger partial charge on any atom is -0.361 e. The fraction of sp³-hybridized carbons (Fsp3) is 0.320. The summed E-state index contributed by atoms with van der Waals surface area (Å²) in [5.41, 5.74) is 4.55. The highest BCUT2D eigenvalue weighted by atomic mass is 32.1. The first kappa shape index (κ1) is 23.0. The first-order chi connectivity index (χ1) is 17.1. The lowest BCUT2D eigenvalue weighted by atomic mass is 9.97. The zero-order valence-corrected chi connectivity index (χ0v) is 20.3. The van der Waals surface area contributed by atoms with Crippen LogP contribution in [0.1, 0.15) is 52.5 Å². The Labute approximate surface area is 207 Å². The van der Waals surface area contributed by atoms with Crippen LogP contribution in [0.2, 0.25) is 0 Å². The molecule has 1 fully saturated rings. The average Bonchev–Trinajstić information content (AvgIpc) is 3.51.